The highest BCUT2D eigenvalue weighted by Crippen LogP contribution is 2.66. The zero-order chi connectivity index (χ0) is 45.5. The standard InChI is InChI=1S/C62H38N6O/c1-2-10-51-50(9-1)58-52(18-19-56-61(58)69-57-13-4-3-12-55(57)68(56)49-16-14-39(15-17-49)40-20-27-63-28-21-40)62(51)53-11-6-26-66-59(53)60-54(62)37-48(38-67-60)44-8-5-7-43(33-44)47-35-45(41-22-29-64-30-23-41)34-46(36-47)42-24-31-65-32-25-42/h1-38H. The van der Waals surface area contributed by atoms with Gasteiger partial charge in [0.1, 0.15) is 0 Å². The fourth-order valence-electron chi connectivity index (χ4n) is 11.0. The summed E-state index contributed by atoms with van der Waals surface area (Å²) >= 11 is 0. The highest BCUT2D eigenvalue weighted by Gasteiger charge is 2.54. The van der Waals surface area contributed by atoms with Gasteiger partial charge in [-0.3, -0.25) is 24.9 Å². The first-order valence-electron chi connectivity index (χ1n) is 23.1. The average molecular weight is 883 g/mol. The van der Waals surface area contributed by atoms with Crippen LogP contribution in [0.15, 0.2) is 232 Å². The first-order chi connectivity index (χ1) is 34.2. The van der Waals surface area contributed by atoms with Crippen molar-refractivity contribution in [3.63, 3.8) is 0 Å². The lowest BCUT2D eigenvalue weighted by atomic mass is 9.70. The van der Waals surface area contributed by atoms with Crippen LogP contribution in [0.5, 0.6) is 11.5 Å². The molecule has 0 amide bonds. The van der Waals surface area contributed by atoms with Gasteiger partial charge in [0.15, 0.2) is 11.5 Å². The van der Waals surface area contributed by atoms with Crippen molar-refractivity contribution in [2.24, 2.45) is 0 Å². The quantitative estimate of drug-likeness (QED) is 0.165. The lowest BCUT2D eigenvalue weighted by Crippen LogP contribution is -2.26. The van der Waals surface area contributed by atoms with Gasteiger partial charge in [0.25, 0.3) is 0 Å². The van der Waals surface area contributed by atoms with Crippen molar-refractivity contribution in [3.8, 4) is 89.6 Å². The summed E-state index contributed by atoms with van der Waals surface area (Å²) in [5.74, 6) is 1.62. The van der Waals surface area contributed by atoms with E-state index in [4.69, 9.17) is 14.7 Å². The van der Waals surface area contributed by atoms with Gasteiger partial charge in [-0.15, -0.1) is 0 Å². The van der Waals surface area contributed by atoms with Crippen LogP contribution in [-0.2, 0) is 5.41 Å². The molecule has 6 heterocycles. The monoisotopic (exact) mass is 882 g/mol. The highest BCUT2D eigenvalue weighted by atomic mass is 16.5. The predicted octanol–water partition coefficient (Wildman–Crippen LogP) is 14.9. The van der Waals surface area contributed by atoms with E-state index in [1.165, 1.54) is 5.56 Å². The molecule has 6 aromatic carbocycles. The molecule has 322 valence electrons. The Morgan fingerprint density at radius 3 is 1.67 bits per heavy atom. The maximum atomic E-state index is 7.14. The van der Waals surface area contributed by atoms with Gasteiger partial charge < -0.3 is 9.64 Å². The molecule has 14 rings (SSSR count). The van der Waals surface area contributed by atoms with Crippen LogP contribution in [0.2, 0.25) is 0 Å². The molecule has 1 aliphatic heterocycles. The second-order valence-electron chi connectivity index (χ2n) is 17.7. The van der Waals surface area contributed by atoms with E-state index in [1.807, 2.05) is 67.8 Å². The van der Waals surface area contributed by atoms with Gasteiger partial charge in [0.05, 0.1) is 28.2 Å². The van der Waals surface area contributed by atoms with Crippen LogP contribution in [0.3, 0.4) is 0 Å². The Bertz CT molecular complexity index is 3770. The van der Waals surface area contributed by atoms with Crippen LogP contribution in [-0.4, -0.2) is 24.9 Å². The zero-order valence-corrected chi connectivity index (χ0v) is 37.0. The summed E-state index contributed by atoms with van der Waals surface area (Å²) in [4.78, 5) is 25.5. The number of pyridine rings is 5. The number of anilines is 3. The van der Waals surface area contributed by atoms with E-state index in [0.29, 0.717) is 0 Å². The molecule has 1 atom stereocenters. The highest BCUT2D eigenvalue weighted by molar-refractivity contribution is 6.01. The maximum absolute atomic E-state index is 7.14. The maximum Gasteiger partial charge on any atom is 0.159 e. The number of hydrogen-bond acceptors (Lipinski definition) is 7. The summed E-state index contributed by atoms with van der Waals surface area (Å²) in [5.41, 5.74) is 21.8. The fraction of sp³-hybridized carbons (Fsp3) is 0.0161. The molecular weight excluding hydrogens is 845 g/mol. The minimum Gasteiger partial charge on any atom is -0.452 e. The second kappa shape index (κ2) is 15.4. The van der Waals surface area contributed by atoms with Crippen molar-refractivity contribution < 1.29 is 4.74 Å². The smallest absolute Gasteiger partial charge is 0.159 e. The summed E-state index contributed by atoms with van der Waals surface area (Å²) in [6, 6.07) is 65.0. The molecule has 7 heteroatoms. The molecule has 1 unspecified atom stereocenters. The van der Waals surface area contributed by atoms with Gasteiger partial charge in [0, 0.05) is 72.0 Å². The van der Waals surface area contributed by atoms with Crippen LogP contribution < -0.4 is 9.64 Å². The average Bonchev–Trinajstić information content (AvgIpc) is 3.90. The van der Waals surface area contributed by atoms with Crippen LogP contribution in [0.25, 0.3) is 78.1 Å². The number of rotatable bonds is 6. The van der Waals surface area contributed by atoms with Crippen molar-refractivity contribution >= 4 is 17.1 Å². The molecule has 2 aliphatic carbocycles. The van der Waals surface area contributed by atoms with E-state index in [2.05, 4.69) is 184 Å². The molecular formula is C62H38N6O. The van der Waals surface area contributed by atoms with Gasteiger partial charge in [-0.2, -0.15) is 0 Å². The van der Waals surface area contributed by atoms with E-state index in [9.17, 15) is 0 Å². The van der Waals surface area contributed by atoms with Crippen molar-refractivity contribution in [3.05, 3.63) is 254 Å². The van der Waals surface area contributed by atoms with E-state index >= 15 is 0 Å². The molecule has 3 aliphatic rings. The Hall–Kier alpha value is -9.33. The third kappa shape index (κ3) is 5.97. The summed E-state index contributed by atoms with van der Waals surface area (Å²) in [6.07, 6.45) is 14.9. The Balaban J connectivity index is 0.935. The summed E-state index contributed by atoms with van der Waals surface area (Å²) < 4.78 is 7.14. The van der Waals surface area contributed by atoms with Gasteiger partial charge >= 0.3 is 0 Å². The largest absolute Gasteiger partial charge is 0.452 e. The lowest BCUT2D eigenvalue weighted by molar-refractivity contribution is 0.478. The first kappa shape index (κ1) is 38.9. The number of nitrogens with zero attached hydrogens (tertiary/aromatic N) is 6. The predicted molar refractivity (Wildman–Crippen MR) is 274 cm³/mol. The van der Waals surface area contributed by atoms with Gasteiger partial charge in [0.2, 0.25) is 0 Å². The molecule has 11 aromatic rings. The van der Waals surface area contributed by atoms with Crippen molar-refractivity contribution in [2.75, 3.05) is 4.90 Å². The Kier molecular flexibility index (Phi) is 8.66. The van der Waals surface area contributed by atoms with E-state index < -0.39 is 5.41 Å². The molecule has 0 saturated carbocycles. The SMILES string of the molecule is c1cc(-c2cc(-c3ccncc3)cc(-c3ccncc3)c2)cc(-c2cnc3c(c2)C2(c4ccccc4-c4c2ccc2c4Oc4ccccc4N2c2ccc(-c4ccncc4)cc2)c2cccnc2-3)c1. The molecule has 0 radical (unpaired) electrons. The molecule has 0 bridgehead atoms. The third-order valence-corrected chi connectivity index (χ3v) is 14.1. The van der Waals surface area contributed by atoms with Crippen LogP contribution >= 0.6 is 0 Å². The van der Waals surface area contributed by atoms with Gasteiger partial charge in [-0.25, -0.2) is 0 Å². The fourth-order valence-corrected chi connectivity index (χ4v) is 11.0. The Morgan fingerprint density at radius 1 is 0.362 bits per heavy atom. The second-order valence-corrected chi connectivity index (χ2v) is 17.7. The van der Waals surface area contributed by atoms with Crippen LogP contribution in [0, 0.1) is 0 Å². The van der Waals surface area contributed by atoms with Crippen molar-refractivity contribution in [1.82, 2.24) is 24.9 Å². The lowest BCUT2D eigenvalue weighted by Gasteiger charge is -2.35. The number of hydrogen-bond donors (Lipinski definition) is 0. The first-order valence-corrected chi connectivity index (χ1v) is 23.1. The minimum absolute atomic E-state index is 0.712. The number of para-hydroxylation sites is 2. The molecule has 5 aromatic heterocycles. The Morgan fingerprint density at radius 2 is 0.942 bits per heavy atom. The van der Waals surface area contributed by atoms with E-state index in [-0.39, 0.29) is 0 Å². The number of benzene rings is 6. The van der Waals surface area contributed by atoms with Crippen molar-refractivity contribution in [1.29, 1.82) is 0 Å². The summed E-state index contributed by atoms with van der Waals surface area (Å²) in [6.45, 7) is 0. The molecule has 7 nitrogen and oxygen atoms in total. The molecule has 69 heavy (non-hydrogen) atoms. The van der Waals surface area contributed by atoms with E-state index in [0.717, 1.165) is 123 Å². The number of aromatic nitrogens is 5. The van der Waals surface area contributed by atoms with Crippen molar-refractivity contribution in [2.45, 2.75) is 5.41 Å². The molecule has 0 saturated heterocycles. The van der Waals surface area contributed by atoms with Gasteiger partial charge in [-0.1, -0.05) is 78.9 Å². The van der Waals surface area contributed by atoms with Crippen LogP contribution in [0.4, 0.5) is 17.1 Å². The normalized spacial score (nSPS) is 14.5. The number of ether oxygens (including phenoxy) is 1. The zero-order valence-electron chi connectivity index (χ0n) is 37.0. The Labute approximate surface area is 398 Å². The minimum atomic E-state index is -0.712. The molecule has 1 spiro atoms. The molecule has 0 fully saturated rings. The van der Waals surface area contributed by atoms with Gasteiger partial charge in [-0.05, 0) is 175 Å². The third-order valence-electron chi connectivity index (χ3n) is 14.1. The molecule has 0 N–H and O–H groups in total. The number of fused-ring (bicyclic) bond motifs is 13. The topological polar surface area (TPSA) is 76.9 Å². The summed E-state index contributed by atoms with van der Waals surface area (Å²) in [7, 11) is 0. The van der Waals surface area contributed by atoms with Crippen LogP contribution in [0.1, 0.15) is 22.3 Å². The van der Waals surface area contributed by atoms with E-state index in [1.54, 1.807) is 0 Å². The summed E-state index contributed by atoms with van der Waals surface area (Å²) in [5, 5.41) is 0.